The molecule has 1 atom stereocenters. The first-order valence-electron chi connectivity index (χ1n) is 6.12. The number of aliphatic hydroxyl groups excluding tert-OH is 1. The molecule has 0 saturated heterocycles. The highest BCUT2D eigenvalue weighted by molar-refractivity contribution is 7.07. The first-order chi connectivity index (χ1) is 9.66. The van der Waals surface area contributed by atoms with Crippen LogP contribution in [0, 0.1) is 5.82 Å². The van der Waals surface area contributed by atoms with Gasteiger partial charge in [0.05, 0.1) is 18.3 Å². The lowest BCUT2D eigenvalue weighted by Crippen LogP contribution is -2.31. The number of halogens is 1. The van der Waals surface area contributed by atoms with Gasteiger partial charge in [0, 0.05) is 6.54 Å². The van der Waals surface area contributed by atoms with E-state index in [0.29, 0.717) is 0 Å². The third-order valence-corrected chi connectivity index (χ3v) is 3.40. The van der Waals surface area contributed by atoms with Crippen LogP contribution in [0.5, 0.6) is 0 Å². The number of rotatable bonds is 6. The third kappa shape index (κ3) is 4.12. The summed E-state index contributed by atoms with van der Waals surface area (Å²) in [6, 6.07) is 7.81. The van der Waals surface area contributed by atoms with Crippen molar-refractivity contribution in [1.29, 1.82) is 0 Å². The zero-order valence-electron chi connectivity index (χ0n) is 10.7. The summed E-state index contributed by atoms with van der Waals surface area (Å²) < 4.78 is 13.3. The van der Waals surface area contributed by atoms with Crippen molar-refractivity contribution < 1.29 is 14.3 Å². The van der Waals surface area contributed by atoms with Crippen molar-refractivity contribution in [3.8, 4) is 0 Å². The number of carbonyl (C=O) groups excluding carboxylic acids is 1. The lowest BCUT2D eigenvalue weighted by molar-refractivity contribution is -0.115. The average molecular weight is 294 g/mol. The van der Waals surface area contributed by atoms with E-state index in [1.165, 1.54) is 23.5 Å². The Labute approximate surface area is 120 Å². The van der Waals surface area contributed by atoms with Crippen molar-refractivity contribution in [2.75, 3.05) is 18.4 Å². The molecule has 6 heteroatoms. The first-order valence-corrected chi connectivity index (χ1v) is 7.06. The third-order valence-electron chi connectivity index (χ3n) is 2.70. The fraction of sp³-hybridized carbons (Fsp3) is 0.214. The highest BCUT2D eigenvalue weighted by Crippen LogP contribution is 2.15. The van der Waals surface area contributed by atoms with E-state index in [2.05, 4.69) is 10.6 Å². The van der Waals surface area contributed by atoms with E-state index in [1.807, 2.05) is 16.8 Å². The van der Waals surface area contributed by atoms with Crippen molar-refractivity contribution in [3.05, 3.63) is 52.5 Å². The summed E-state index contributed by atoms with van der Waals surface area (Å²) in [5.74, 6) is -0.827. The SMILES string of the molecule is O=C(CNCC(O)c1ccsc1)Nc1ccccc1F. The lowest BCUT2D eigenvalue weighted by atomic mass is 10.2. The van der Waals surface area contributed by atoms with Crippen molar-refractivity contribution in [2.45, 2.75) is 6.10 Å². The Morgan fingerprint density at radius 3 is 2.85 bits per heavy atom. The Morgan fingerprint density at radius 2 is 2.15 bits per heavy atom. The second kappa shape index (κ2) is 7.14. The van der Waals surface area contributed by atoms with E-state index in [0.717, 1.165) is 5.56 Å². The van der Waals surface area contributed by atoms with Crippen molar-refractivity contribution in [3.63, 3.8) is 0 Å². The number of thiophene rings is 1. The number of para-hydroxylation sites is 1. The van der Waals surface area contributed by atoms with Crippen LogP contribution in [0.4, 0.5) is 10.1 Å². The quantitative estimate of drug-likeness (QED) is 0.765. The van der Waals surface area contributed by atoms with E-state index in [9.17, 15) is 14.3 Å². The summed E-state index contributed by atoms with van der Waals surface area (Å²) >= 11 is 1.50. The molecular weight excluding hydrogens is 279 g/mol. The molecule has 4 nitrogen and oxygen atoms in total. The maximum Gasteiger partial charge on any atom is 0.238 e. The van der Waals surface area contributed by atoms with Gasteiger partial charge in [0.25, 0.3) is 0 Å². The summed E-state index contributed by atoms with van der Waals surface area (Å²) in [4.78, 5) is 11.6. The Balaban J connectivity index is 1.74. The van der Waals surface area contributed by atoms with Crippen LogP contribution in [0.15, 0.2) is 41.1 Å². The number of aliphatic hydroxyl groups is 1. The fourth-order valence-corrected chi connectivity index (χ4v) is 2.37. The van der Waals surface area contributed by atoms with Crippen LogP contribution in [0.25, 0.3) is 0 Å². The van der Waals surface area contributed by atoms with Gasteiger partial charge in [-0.25, -0.2) is 4.39 Å². The van der Waals surface area contributed by atoms with Crippen LogP contribution in [0.1, 0.15) is 11.7 Å². The summed E-state index contributed by atoms with van der Waals surface area (Å²) in [5.41, 5.74) is 0.967. The van der Waals surface area contributed by atoms with Crippen LogP contribution >= 0.6 is 11.3 Å². The highest BCUT2D eigenvalue weighted by Gasteiger charge is 2.09. The summed E-state index contributed by atoms with van der Waals surface area (Å²) in [5, 5.41) is 18.8. The number of hydrogen-bond acceptors (Lipinski definition) is 4. The Hall–Kier alpha value is -1.76. The minimum absolute atomic E-state index is 0.00946. The Bertz CT molecular complexity index is 560. The highest BCUT2D eigenvalue weighted by atomic mass is 32.1. The number of hydrogen-bond donors (Lipinski definition) is 3. The fourth-order valence-electron chi connectivity index (χ4n) is 1.66. The average Bonchev–Trinajstić information content (AvgIpc) is 2.95. The maximum absolute atomic E-state index is 13.3. The largest absolute Gasteiger partial charge is 0.387 e. The van der Waals surface area contributed by atoms with Gasteiger partial charge in [0.1, 0.15) is 5.82 Å². The molecule has 0 aliphatic rings. The molecule has 0 saturated carbocycles. The lowest BCUT2D eigenvalue weighted by Gasteiger charge is -2.11. The van der Waals surface area contributed by atoms with E-state index in [4.69, 9.17) is 0 Å². The monoisotopic (exact) mass is 294 g/mol. The molecule has 0 radical (unpaired) electrons. The molecule has 1 aromatic carbocycles. The molecule has 0 aliphatic heterocycles. The summed E-state index contributed by atoms with van der Waals surface area (Å²) in [7, 11) is 0. The predicted molar refractivity (Wildman–Crippen MR) is 77.2 cm³/mol. The standard InChI is InChI=1S/C14H15FN2O2S/c15-11-3-1-2-4-12(11)17-14(19)8-16-7-13(18)10-5-6-20-9-10/h1-6,9,13,16,18H,7-8H2,(H,17,19). The molecule has 0 spiro atoms. The van der Waals surface area contributed by atoms with Gasteiger partial charge >= 0.3 is 0 Å². The molecule has 2 rings (SSSR count). The maximum atomic E-state index is 13.3. The zero-order chi connectivity index (χ0) is 14.4. The Morgan fingerprint density at radius 1 is 1.35 bits per heavy atom. The van der Waals surface area contributed by atoms with Gasteiger partial charge in [-0.2, -0.15) is 11.3 Å². The molecule has 1 unspecified atom stereocenters. The van der Waals surface area contributed by atoms with E-state index in [-0.39, 0.29) is 24.7 Å². The van der Waals surface area contributed by atoms with Gasteiger partial charge in [0.15, 0.2) is 0 Å². The summed E-state index contributed by atoms with van der Waals surface area (Å²) in [6.07, 6.45) is -0.650. The number of nitrogens with one attached hydrogen (secondary N) is 2. The van der Waals surface area contributed by atoms with Crippen molar-refractivity contribution in [1.82, 2.24) is 5.32 Å². The molecule has 1 amide bonds. The molecule has 2 aromatic rings. The van der Waals surface area contributed by atoms with Gasteiger partial charge in [0.2, 0.25) is 5.91 Å². The van der Waals surface area contributed by atoms with Gasteiger partial charge in [-0.3, -0.25) is 4.79 Å². The molecule has 3 N–H and O–H groups in total. The zero-order valence-corrected chi connectivity index (χ0v) is 11.5. The normalized spacial score (nSPS) is 12.1. The van der Waals surface area contributed by atoms with Crippen LogP contribution < -0.4 is 10.6 Å². The van der Waals surface area contributed by atoms with Gasteiger partial charge in [-0.1, -0.05) is 12.1 Å². The first kappa shape index (κ1) is 14.6. The van der Waals surface area contributed by atoms with Gasteiger partial charge in [-0.05, 0) is 34.5 Å². The van der Waals surface area contributed by atoms with Crippen LogP contribution in [0.2, 0.25) is 0 Å². The van der Waals surface area contributed by atoms with Gasteiger partial charge < -0.3 is 15.7 Å². The summed E-state index contributed by atoms with van der Waals surface area (Å²) in [6.45, 7) is 0.275. The number of carbonyl (C=O) groups is 1. The second-order valence-corrected chi connectivity index (χ2v) is 5.01. The van der Waals surface area contributed by atoms with Gasteiger partial charge in [-0.15, -0.1) is 0 Å². The molecule has 1 aromatic heterocycles. The van der Waals surface area contributed by atoms with E-state index >= 15 is 0 Å². The van der Waals surface area contributed by atoms with Crippen molar-refractivity contribution >= 4 is 22.9 Å². The predicted octanol–water partition coefficient (Wildman–Crippen LogP) is 2.15. The molecule has 1 heterocycles. The minimum Gasteiger partial charge on any atom is -0.387 e. The molecule has 0 fully saturated rings. The van der Waals surface area contributed by atoms with E-state index in [1.54, 1.807) is 12.1 Å². The number of benzene rings is 1. The topological polar surface area (TPSA) is 61.4 Å². The molecule has 0 aliphatic carbocycles. The molecular formula is C14H15FN2O2S. The second-order valence-electron chi connectivity index (χ2n) is 4.23. The molecule has 0 bridgehead atoms. The molecule has 20 heavy (non-hydrogen) atoms. The van der Waals surface area contributed by atoms with E-state index < -0.39 is 11.9 Å². The van der Waals surface area contributed by atoms with Crippen molar-refractivity contribution in [2.24, 2.45) is 0 Å². The smallest absolute Gasteiger partial charge is 0.238 e. The van der Waals surface area contributed by atoms with Crippen LogP contribution in [-0.2, 0) is 4.79 Å². The number of anilines is 1. The minimum atomic E-state index is -0.650. The number of amides is 1. The van der Waals surface area contributed by atoms with Crippen LogP contribution in [0.3, 0.4) is 0 Å². The molecule has 106 valence electrons. The Kier molecular flexibility index (Phi) is 5.23. The van der Waals surface area contributed by atoms with Crippen LogP contribution in [-0.4, -0.2) is 24.1 Å².